The molecule has 13 heavy (non-hydrogen) atoms. The molecule has 80 valence electrons. The van der Waals surface area contributed by atoms with Crippen LogP contribution in [0.1, 0.15) is 26.7 Å². The van der Waals surface area contributed by atoms with Gasteiger partial charge in [0, 0.05) is 22.6 Å². The first-order valence-corrected chi connectivity index (χ1v) is 7.83. The lowest BCUT2D eigenvalue weighted by molar-refractivity contribution is 0.602. The summed E-state index contributed by atoms with van der Waals surface area (Å²) in [7, 11) is 0.318. The van der Waals surface area contributed by atoms with Crippen molar-refractivity contribution in [3.63, 3.8) is 0 Å². The number of nitrogens with one attached hydrogen (secondary N) is 2. The Balaban J connectivity index is 2.76. The quantitative estimate of drug-likeness (QED) is 0.408. The Kier molecular flexibility index (Phi) is 12.3. The molecule has 0 rings (SSSR count). The van der Waals surface area contributed by atoms with Crippen molar-refractivity contribution in [1.82, 2.24) is 10.6 Å². The van der Waals surface area contributed by atoms with Crippen molar-refractivity contribution in [3.8, 4) is 0 Å². The normalized spacial score (nSPS) is 11.5. The van der Waals surface area contributed by atoms with E-state index in [0.717, 1.165) is 19.6 Å². The van der Waals surface area contributed by atoms with Crippen LogP contribution in [0.4, 0.5) is 0 Å². The van der Waals surface area contributed by atoms with Crippen LogP contribution in [0.5, 0.6) is 0 Å². The van der Waals surface area contributed by atoms with Gasteiger partial charge in [-0.05, 0) is 25.9 Å². The number of hydrogen-bond donors (Lipinski definition) is 2. The fraction of sp³-hybridized carbons (Fsp3) is 1.00. The van der Waals surface area contributed by atoms with Crippen molar-refractivity contribution in [1.29, 1.82) is 0 Å². The van der Waals surface area contributed by atoms with Gasteiger partial charge in [-0.3, -0.25) is 0 Å². The third kappa shape index (κ3) is 12.1. The van der Waals surface area contributed by atoms with Crippen molar-refractivity contribution in [3.05, 3.63) is 0 Å². The van der Waals surface area contributed by atoms with Gasteiger partial charge in [0.2, 0.25) is 0 Å². The SMILES string of the molecule is CCCNCCNCCC[SiH2]CC. The van der Waals surface area contributed by atoms with Gasteiger partial charge in [0.05, 0.1) is 0 Å². The van der Waals surface area contributed by atoms with E-state index in [-0.39, 0.29) is 0 Å². The second-order valence-corrected chi connectivity index (χ2v) is 5.97. The maximum atomic E-state index is 3.46. The van der Waals surface area contributed by atoms with Gasteiger partial charge in [0.1, 0.15) is 0 Å². The smallest absolute Gasteiger partial charge is 0.0195 e. The van der Waals surface area contributed by atoms with E-state index in [2.05, 4.69) is 24.5 Å². The molecule has 0 bridgehead atoms. The Morgan fingerprint density at radius 2 is 1.62 bits per heavy atom. The molecule has 0 radical (unpaired) electrons. The first-order chi connectivity index (χ1) is 6.41. The highest BCUT2D eigenvalue weighted by Crippen LogP contribution is 1.88. The molecule has 0 saturated heterocycles. The fourth-order valence-electron chi connectivity index (χ4n) is 1.28. The molecule has 0 fully saturated rings. The standard InChI is InChI=1S/C10H26N2Si/c1-3-6-11-8-9-12-7-5-10-13-4-2/h11-12H,3-10,13H2,1-2H3. The van der Waals surface area contributed by atoms with Gasteiger partial charge in [-0.2, -0.15) is 0 Å². The van der Waals surface area contributed by atoms with E-state index in [1.54, 1.807) is 0 Å². The zero-order valence-corrected chi connectivity index (χ0v) is 10.8. The van der Waals surface area contributed by atoms with E-state index in [4.69, 9.17) is 0 Å². The molecule has 0 aromatic carbocycles. The maximum Gasteiger partial charge on any atom is 0.0195 e. The Hall–Kier alpha value is 0.137. The van der Waals surface area contributed by atoms with E-state index in [1.165, 1.54) is 31.5 Å². The molecule has 0 unspecified atom stereocenters. The molecular formula is C10H26N2Si. The van der Waals surface area contributed by atoms with Gasteiger partial charge in [0.25, 0.3) is 0 Å². The van der Waals surface area contributed by atoms with Crippen LogP contribution < -0.4 is 10.6 Å². The summed E-state index contributed by atoms with van der Waals surface area (Å²) < 4.78 is 0. The molecule has 0 saturated carbocycles. The molecule has 0 aromatic heterocycles. The Morgan fingerprint density at radius 1 is 0.923 bits per heavy atom. The van der Waals surface area contributed by atoms with Gasteiger partial charge in [-0.15, -0.1) is 0 Å². The summed E-state index contributed by atoms with van der Waals surface area (Å²) in [4.78, 5) is 0. The third-order valence-corrected chi connectivity index (χ3v) is 3.82. The van der Waals surface area contributed by atoms with Gasteiger partial charge in [-0.1, -0.05) is 25.9 Å². The predicted molar refractivity (Wildman–Crippen MR) is 64.5 cm³/mol. The largest absolute Gasteiger partial charge is 0.315 e. The molecule has 0 aliphatic carbocycles. The van der Waals surface area contributed by atoms with E-state index in [1.807, 2.05) is 0 Å². The second-order valence-electron chi connectivity index (χ2n) is 3.56. The average molecular weight is 202 g/mol. The highest BCUT2D eigenvalue weighted by Gasteiger charge is 1.88. The molecule has 3 heteroatoms. The first kappa shape index (κ1) is 13.1. The van der Waals surface area contributed by atoms with E-state index < -0.39 is 0 Å². The van der Waals surface area contributed by atoms with Crippen LogP contribution in [-0.4, -0.2) is 35.7 Å². The first-order valence-electron chi connectivity index (χ1n) is 5.83. The molecule has 0 spiro atoms. The zero-order valence-electron chi connectivity index (χ0n) is 9.36. The Labute approximate surface area is 85.7 Å². The summed E-state index contributed by atoms with van der Waals surface area (Å²) in [6.07, 6.45) is 2.63. The van der Waals surface area contributed by atoms with Crippen molar-refractivity contribution in [2.24, 2.45) is 0 Å². The topological polar surface area (TPSA) is 24.1 Å². The lowest BCUT2D eigenvalue weighted by Gasteiger charge is -2.04. The summed E-state index contributed by atoms with van der Waals surface area (Å²) in [6, 6.07) is 2.99. The molecule has 0 aliphatic heterocycles. The van der Waals surface area contributed by atoms with Crippen LogP contribution in [0.15, 0.2) is 0 Å². The van der Waals surface area contributed by atoms with Crippen molar-refractivity contribution in [2.45, 2.75) is 38.8 Å². The molecule has 0 heterocycles. The highest BCUT2D eigenvalue weighted by molar-refractivity contribution is 6.35. The average Bonchev–Trinajstić information content (AvgIpc) is 2.16. The van der Waals surface area contributed by atoms with E-state index in [9.17, 15) is 0 Å². The third-order valence-electron chi connectivity index (χ3n) is 2.11. The van der Waals surface area contributed by atoms with Crippen LogP contribution in [0.2, 0.25) is 12.1 Å². The van der Waals surface area contributed by atoms with Crippen molar-refractivity contribution >= 4 is 9.52 Å². The van der Waals surface area contributed by atoms with Crippen LogP contribution in [0.3, 0.4) is 0 Å². The monoisotopic (exact) mass is 202 g/mol. The van der Waals surface area contributed by atoms with Gasteiger partial charge in [-0.25, -0.2) is 0 Å². The molecule has 0 atom stereocenters. The van der Waals surface area contributed by atoms with E-state index >= 15 is 0 Å². The van der Waals surface area contributed by atoms with Gasteiger partial charge in [0.15, 0.2) is 0 Å². The fourth-order valence-corrected chi connectivity index (χ4v) is 2.38. The molecule has 2 nitrogen and oxygen atoms in total. The van der Waals surface area contributed by atoms with Crippen LogP contribution in [-0.2, 0) is 0 Å². The van der Waals surface area contributed by atoms with Crippen LogP contribution >= 0.6 is 0 Å². The molecule has 2 N–H and O–H groups in total. The summed E-state index contributed by atoms with van der Waals surface area (Å²) >= 11 is 0. The van der Waals surface area contributed by atoms with Crippen molar-refractivity contribution < 1.29 is 0 Å². The maximum absolute atomic E-state index is 3.46. The second kappa shape index (κ2) is 12.1. The van der Waals surface area contributed by atoms with Crippen LogP contribution in [0, 0.1) is 0 Å². The summed E-state index contributed by atoms with van der Waals surface area (Å²) in [5.74, 6) is 0. The summed E-state index contributed by atoms with van der Waals surface area (Å²) in [6.45, 7) is 9.15. The molecule has 0 amide bonds. The summed E-state index contributed by atoms with van der Waals surface area (Å²) in [5, 5.41) is 6.85. The highest BCUT2D eigenvalue weighted by atomic mass is 28.2. The van der Waals surface area contributed by atoms with Gasteiger partial charge >= 0.3 is 0 Å². The van der Waals surface area contributed by atoms with Crippen LogP contribution in [0.25, 0.3) is 0 Å². The Bertz CT molecular complexity index is 79.0. The number of hydrogen-bond acceptors (Lipinski definition) is 2. The molecule has 0 aromatic rings. The minimum Gasteiger partial charge on any atom is -0.315 e. The predicted octanol–water partition coefficient (Wildman–Crippen LogP) is 0.991. The van der Waals surface area contributed by atoms with Gasteiger partial charge < -0.3 is 10.6 Å². The minimum absolute atomic E-state index is 0.318. The van der Waals surface area contributed by atoms with E-state index in [0.29, 0.717) is 9.52 Å². The number of rotatable bonds is 10. The summed E-state index contributed by atoms with van der Waals surface area (Å²) in [5.41, 5.74) is 0. The zero-order chi connectivity index (χ0) is 9.78. The minimum atomic E-state index is 0.318. The lowest BCUT2D eigenvalue weighted by Crippen LogP contribution is -2.28. The molecular weight excluding hydrogens is 176 g/mol. The van der Waals surface area contributed by atoms with Crippen molar-refractivity contribution in [2.75, 3.05) is 26.2 Å². The lowest BCUT2D eigenvalue weighted by atomic mass is 10.4. The molecule has 0 aliphatic rings. The Morgan fingerprint density at radius 3 is 2.23 bits per heavy atom.